The summed E-state index contributed by atoms with van der Waals surface area (Å²) in [5.41, 5.74) is 2.39. The molecule has 0 amide bonds. The van der Waals surface area contributed by atoms with Crippen molar-refractivity contribution in [1.29, 1.82) is 0 Å². The van der Waals surface area contributed by atoms with Gasteiger partial charge in [-0.05, 0) is 41.8 Å². The highest BCUT2D eigenvalue weighted by atomic mass is 35.5. The summed E-state index contributed by atoms with van der Waals surface area (Å²) in [4.78, 5) is 12.8. The number of hydrogen-bond acceptors (Lipinski definition) is 5. The number of fused-ring (bicyclic) bond motifs is 1. The second-order valence-corrected chi connectivity index (χ2v) is 7.11. The van der Waals surface area contributed by atoms with Gasteiger partial charge in [-0.2, -0.15) is 0 Å². The van der Waals surface area contributed by atoms with Gasteiger partial charge >= 0.3 is 0 Å². The first-order chi connectivity index (χ1) is 11.4. The molecular formula is C18H19ClN4O. The van der Waals surface area contributed by atoms with Gasteiger partial charge in [-0.15, -0.1) is 0 Å². The number of rotatable bonds is 4. The van der Waals surface area contributed by atoms with Gasteiger partial charge in [0, 0.05) is 5.69 Å². The van der Waals surface area contributed by atoms with Gasteiger partial charge in [0.15, 0.2) is 5.82 Å². The van der Waals surface area contributed by atoms with Crippen molar-refractivity contribution in [3.05, 3.63) is 47.9 Å². The van der Waals surface area contributed by atoms with E-state index in [4.69, 9.17) is 16.3 Å². The number of aromatic nitrogens is 3. The fourth-order valence-corrected chi connectivity index (χ4v) is 2.23. The van der Waals surface area contributed by atoms with E-state index < -0.39 is 0 Å². The van der Waals surface area contributed by atoms with Gasteiger partial charge in [0.25, 0.3) is 0 Å². The zero-order valence-electron chi connectivity index (χ0n) is 13.9. The first-order valence-electron chi connectivity index (χ1n) is 7.68. The lowest BCUT2D eigenvalue weighted by Crippen LogP contribution is -2.16. The van der Waals surface area contributed by atoms with Crippen LogP contribution in [0.3, 0.4) is 0 Å². The standard InChI is InChI=1S/C18H19ClN4O/c1-18(2,3)10-24-13-6-4-12(5-7-13)22-17-16-14(20-11-21-17)8-9-15(19)23-16/h4-9,11H,10H2,1-3H3,(H,20,21,22). The van der Waals surface area contributed by atoms with Crippen molar-refractivity contribution >= 4 is 34.1 Å². The first-order valence-corrected chi connectivity index (χ1v) is 8.06. The first kappa shape index (κ1) is 16.5. The highest BCUT2D eigenvalue weighted by Crippen LogP contribution is 2.25. The van der Waals surface area contributed by atoms with E-state index in [1.54, 1.807) is 6.07 Å². The molecular weight excluding hydrogens is 324 g/mol. The Balaban J connectivity index is 1.78. The predicted molar refractivity (Wildman–Crippen MR) is 97.0 cm³/mol. The van der Waals surface area contributed by atoms with Crippen molar-refractivity contribution < 1.29 is 4.74 Å². The van der Waals surface area contributed by atoms with E-state index in [9.17, 15) is 0 Å². The van der Waals surface area contributed by atoms with Crippen molar-refractivity contribution in [2.45, 2.75) is 20.8 Å². The summed E-state index contributed by atoms with van der Waals surface area (Å²) in [6.45, 7) is 7.09. The molecule has 0 saturated carbocycles. The zero-order chi connectivity index (χ0) is 17.2. The highest BCUT2D eigenvalue weighted by molar-refractivity contribution is 6.29. The average molecular weight is 343 g/mol. The maximum Gasteiger partial charge on any atom is 0.160 e. The lowest BCUT2D eigenvalue weighted by atomic mass is 9.99. The van der Waals surface area contributed by atoms with Gasteiger partial charge in [0.1, 0.15) is 22.7 Å². The molecule has 0 radical (unpaired) electrons. The largest absolute Gasteiger partial charge is 0.493 e. The predicted octanol–water partition coefficient (Wildman–Crippen LogP) is 4.85. The van der Waals surface area contributed by atoms with Gasteiger partial charge in [-0.1, -0.05) is 32.4 Å². The molecule has 0 spiro atoms. The van der Waals surface area contributed by atoms with Crippen molar-refractivity contribution in [2.24, 2.45) is 5.41 Å². The lowest BCUT2D eigenvalue weighted by molar-refractivity contribution is 0.198. The van der Waals surface area contributed by atoms with Crippen LogP contribution in [0.2, 0.25) is 5.15 Å². The number of pyridine rings is 1. The SMILES string of the molecule is CC(C)(C)COc1ccc(Nc2ncnc3ccc(Cl)nc23)cc1. The molecule has 0 aliphatic carbocycles. The van der Waals surface area contributed by atoms with Crippen molar-refractivity contribution in [3.8, 4) is 5.75 Å². The third-order valence-electron chi connectivity index (χ3n) is 3.24. The Morgan fingerprint density at radius 3 is 2.50 bits per heavy atom. The zero-order valence-corrected chi connectivity index (χ0v) is 14.6. The molecule has 2 aromatic heterocycles. The molecule has 1 N–H and O–H groups in total. The number of ether oxygens (including phenoxy) is 1. The maximum atomic E-state index is 5.97. The van der Waals surface area contributed by atoms with Crippen molar-refractivity contribution in [2.75, 3.05) is 11.9 Å². The second-order valence-electron chi connectivity index (χ2n) is 6.72. The lowest BCUT2D eigenvalue weighted by Gasteiger charge is -2.19. The highest BCUT2D eigenvalue weighted by Gasteiger charge is 2.11. The van der Waals surface area contributed by atoms with E-state index >= 15 is 0 Å². The topological polar surface area (TPSA) is 59.9 Å². The third-order valence-corrected chi connectivity index (χ3v) is 3.45. The molecule has 3 aromatic rings. The normalized spacial score (nSPS) is 11.5. The van der Waals surface area contributed by atoms with Crippen LogP contribution in [0.25, 0.3) is 11.0 Å². The van der Waals surface area contributed by atoms with Crippen molar-refractivity contribution in [1.82, 2.24) is 15.0 Å². The Morgan fingerprint density at radius 1 is 1.04 bits per heavy atom. The summed E-state index contributed by atoms with van der Waals surface area (Å²) in [5.74, 6) is 1.45. The van der Waals surface area contributed by atoms with E-state index in [0.717, 1.165) is 17.0 Å². The van der Waals surface area contributed by atoms with Gasteiger partial charge in [0.2, 0.25) is 0 Å². The summed E-state index contributed by atoms with van der Waals surface area (Å²) >= 11 is 5.97. The molecule has 0 bridgehead atoms. The quantitative estimate of drug-likeness (QED) is 0.687. The fourth-order valence-electron chi connectivity index (χ4n) is 2.08. The van der Waals surface area contributed by atoms with Crippen LogP contribution in [-0.4, -0.2) is 21.6 Å². The van der Waals surface area contributed by atoms with E-state index in [2.05, 4.69) is 41.0 Å². The summed E-state index contributed by atoms with van der Waals surface area (Å²) in [7, 11) is 0. The molecule has 2 heterocycles. The van der Waals surface area contributed by atoms with Crippen LogP contribution in [0.15, 0.2) is 42.7 Å². The summed E-state index contributed by atoms with van der Waals surface area (Å²) in [6.07, 6.45) is 1.50. The van der Waals surface area contributed by atoms with Gasteiger partial charge < -0.3 is 10.1 Å². The molecule has 0 unspecified atom stereocenters. The molecule has 0 aliphatic rings. The summed E-state index contributed by atoms with van der Waals surface area (Å²) < 4.78 is 5.78. The molecule has 1 aromatic carbocycles. The number of hydrogen-bond donors (Lipinski definition) is 1. The molecule has 124 valence electrons. The van der Waals surface area contributed by atoms with Gasteiger partial charge in [0.05, 0.1) is 12.1 Å². The van der Waals surface area contributed by atoms with E-state index in [1.165, 1.54) is 6.33 Å². The van der Waals surface area contributed by atoms with Crippen molar-refractivity contribution in [3.63, 3.8) is 0 Å². The number of halogens is 1. The Labute approximate surface area is 146 Å². The maximum absolute atomic E-state index is 5.97. The number of nitrogens with one attached hydrogen (secondary N) is 1. The van der Waals surface area contributed by atoms with E-state index in [-0.39, 0.29) is 5.41 Å². The van der Waals surface area contributed by atoms with E-state index in [1.807, 2.05) is 30.3 Å². The second kappa shape index (κ2) is 6.61. The molecule has 0 atom stereocenters. The van der Waals surface area contributed by atoms with Crippen LogP contribution in [0, 0.1) is 5.41 Å². The number of benzene rings is 1. The molecule has 3 rings (SSSR count). The molecule has 5 nitrogen and oxygen atoms in total. The Morgan fingerprint density at radius 2 is 1.79 bits per heavy atom. The molecule has 6 heteroatoms. The fraction of sp³-hybridized carbons (Fsp3) is 0.278. The van der Waals surface area contributed by atoms with Crippen LogP contribution in [0.5, 0.6) is 5.75 Å². The van der Waals surface area contributed by atoms with Crippen LogP contribution in [-0.2, 0) is 0 Å². The van der Waals surface area contributed by atoms with Crippen LogP contribution < -0.4 is 10.1 Å². The smallest absolute Gasteiger partial charge is 0.160 e. The van der Waals surface area contributed by atoms with Crippen LogP contribution in [0.4, 0.5) is 11.5 Å². The molecule has 0 aliphatic heterocycles. The minimum atomic E-state index is 0.127. The Hall–Kier alpha value is -2.40. The van der Waals surface area contributed by atoms with Crippen LogP contribution in [0.1, 0.15) is 20.8 Å². The third kappa shape index (κ3) is 4.11. The Kier molecular flexibility index (Phi) is 4.53. The number of anilines is 2. The van der Waals surface area contributed by atoms with Gasteiger partial charge in [-0.25, -0.2) is 15.0 Å². The van der Waals surface area contributed by atoms with Gasteiger partial charge in [-0.3, -0.25) is 0 Å². The average Bonchev–Trinajstić information content (AvgIpc) is 2.54. The molecule has 0 saturated heterocycles. The minimum Gasteiger partial charge on any atom is -0.493 e. The molecule has 24 heavy (non-hydrogen) atoms. The minimum absolute atomic E-state index is 0.127. The monoisotopic (exact) mass is 342 g/mol. The number of nitrogens with zero attached hydrogens (tertiary/aromatic N) is 3. The summed E-state index contributed by atoms with van der Waals surface area (Å²) in [5, 5.41) is 3.65. The van der Waals surface area contributed by atoms with Crippen LogP contribution >= 0.6 is 11.6 Å². The Bertz CT molecular complexity index is 844. The van der Waals surface area contributed by atoms with E-state index in [0.29, 0.717) is 23.1 Å². The summed E-state index contributed by atoms with van der Waals surface area (Å²) in [6, 6.07) is 11.3. The molecule has 0 fully saturated rings.